The first kappa shape index (κ1) is 57.0. The Morgan fingerprint density at radius 2 is 0.952 bits per heavy atom. The van der Waals surface area contributed by atoms with Crippen LogP contribution in [0.1, 0.15) is 265 Å². The highest BCUT2D eigenvalue weighted by atomic mass is 16.5. The van der Waals surface area contributed by atoms with Crippen LogP contribution in [0.3, 0.4) is 0 Å². The third kappa shape index (κ3) is 32.2. The van der Waals surface area contributed by atoms with E-state index in [0.717, 1.165) is 83.7 Å². The SMILES string of the molecule is CCCCCCCC/C=C\C/C=C\CCCCCCCCC(CCCCCCCC/C=C\C/C=C\CCCCCCCC)OC(=O)CC1CCC(OC(=O)C2(C)CCN(C)CC2)C1. The zero-order valence-corrected chi connectivity index (χ0v) is 42.2. The molecule has 1 saturated carbocycles. The van der Waals surface area contributed by atoms with Gasteiger partial charge >= 0.3 is 11.9 Å². The van der Waals surface area contributed by atoms with Crippen molar-refractivity contribution in [2.24, 2.45) is 11.3 Å². The molecule has 2 aliphatic rings. The summed E-state index contributed by atoms with van der Waals surface area (Å²) in [6, 6.07) is 0. The van der Waals surface area contributed by atoms with Gasteiger partial charge in [0, 0.05) is 6.42 Å². The lowest BCUT2D eigenvalue weighted by atomic mass is 9.80. The first-order chi connectivity index (χ1) is 30.9. The molecule has 2 unspecified atom stereocenters. The van der Waals surface area contributed by atoms with Crippen molar-refractivity contribution in [3.8, 4) is 0 Å². The van der Waals surface area contributed by atoms with E-state index in [4.69, 9.17) is 9.47 Å². The van der Waals surface area contributed by atoms with E-state index in [9.17, 15) is 9.59 Å². The van der Waals surface area contributed by atoms with Gasteiger partial charge in [0.2, 0.25) is 0 Å². The Bertz CT molecular complexity index is 1140. The second-order valence-corrected chi connectivity index (χ2v) is 20.3. The van der Waals surface area contributed by atoms with Crippen molar-refractivity contribution in [1.82, 2.24) is 4.90 Å². The van der Waals surface area contributed by atoms with Crippen molar-refractivity contribution < 1.29 is 19.1 Å². The van der Waals surface area contributed by atoms with E-state index in [2.05, 4.69) is 81.3 Å². The molecular weight excluding hydrogens is 775 g/mol. The minimum Gasteiger partial charge on any atom is -0.462 e. The molecule has 0 N–H and O–H groups in total. The maximum atomic E-state index is 13.3. The normalized spacial score (nSPS) is 18.3. The molecular formula is C58H103NO4. The van der Waals surface area contributed by atoms with E-state index in [1.54, 1.807) is 0 Å². The van der Waals surface area contributed by atoms with Crippen LogP contribution in [0.25, 0.3) is 0 Å². The van der Waals surface area contributed by atoms with E-state index >= 15 is 0 Å². The monoisotopic (exact) mass is 878 g/mol. The predicted molar refractivity (Wildman–Crippen MR) is 272 cm³/mol. The lowest BCUT2D eigenvalue weighted by molar-refractivity contribution is -0.163. The molecule has 2 fully saturated rings. The maximum absolute atomic E-state index is 13.3. The van der Waals surface area contributed by atoms with Crippen LogP contribution in [-0.4, -0.2) is 49.2 Å². The second-order valence-electron chi connectivity index (χ2n) is 20.3. The average molecular weight is 878 g/mol. The van der Waals surface area contributed by atoms with Gasteiger partial charge in [-0.25, -0.2) is 0 Å². The Kier molecular flexibility index (Phi) is 36.3. The minimum absolute atomic E-state index is 0.0341. The van der Waals surface area contributed by atoms with Crippen molar-refractivity contribution in [2.45, 2.75) is 277 Å². The van der Waals surface area contributed by atoms with Crippen molar-refractivity contribution in [1.29, 1.82) is 0 Å². The molecule has 1 aliphatic carbocycles. The van der Waals surface area contributed by atoms with E-state index < -0.39 is 0 Å². The average Bonchev–Trinajstić information content (AvgIpc) is 3.72. The number of likely N-dealkylation sites (tertiary alicyclic amines) is 1. The molecule has 0 bridgehead atoms. The standard InChI is InChI=1S/C58H103NO4/c1-5-7-9-11-13-15-17-19-21-23-25-27-29-31-33-35-37-39-41-43-54(44-42-40-38-36-34-32-30-28-26-24-22-20-18-16-14-12-10-8-6-2)62-56(60)52-53-45-46-55(51-53)63-57(61)58(3)47-49-59(4)50-48-58/h19-22,25-28,53-55H,5-18,23-24,29-52H2,1-4H3/b21-19-,22-20-,27-25-,28-26-. The molecule has 0 radical (unpaired) electrons. The molecule has 0 aromatic carbocycles. The molecule has 0 amide bonds. The van der Waals surface area contributed by atoms with Crippen LogP contribution in [0.15, 0.2) is 48.6 Å². The van der Waals surface area contributed by atoms with E-state index in [0.29, 0.717) is 6.42 Å². The molecule has 0 spiro atoms. The van der Waals surface area contributed by atoms with Crippen LogP contribution in [-0.2, 0) is 19.1 Å². The van der Waals surface area contributed by atoms with Gasteiger partial charge < -0.3 is 14.4 Å². The highest BCUT2D eigenvalue weighted by molar-refractivity contribution is 5.76. The number of carbonyl (C=O) groups is 2. The number of esters is 2. The van der Waals surface area contributed by atoms with Gasteiger partial charge in [-0.2, -0.15) is 0 Å². The molecule has 5 heteroatoms. The number of unbranched alkanes of at least 4 members (excludes halogenated alkanes) is 24. The van der Waals surface area contributed by atoms with Crippen LogP contribution in [0.2, 0.25) is 0 Å². The Balaban J connectivity index is 1.62. The predicted octanol–water partition coefficient (Wildman–Crippen LogP) is 17.5. The zero-order chi connectivity index (χ0) is 45.3. The van der Waals surface area contributed by atoms with Gasteiger partial charge in [-0.05, 0) is 155 Å². The first-order valence-electron chi connectivity index (χ1n) is 27.5. The number of nitrogens with zero attached hydrogens (tertiary/aromatic N) is 1. The topological polar surface area (TPSA) is 55.8 Å². The van der Waals surface area contributed by atoms with Crippen LogP contribution in [0, 0.1) is 11.3 Å². The largest absolute Gasteiger partial charge is 0.462 e. The van der Waals surface area contributed by atoms with E-state index in [-0.39, 0.29) is 35.5 Å². The molecule has 364 valence electrons. The smallest absolute Gasteiger partial charge is 0.312 e. The van der Waals surface area contributed by atoms with Gasteiger partial charge in [0.05, 0.1) is 5.41 Å². The molecule has 0 aromatic rings. The van der Waals surface area contributed by atoms with Gasteiger partial charge in [0.25, 0.3) is 0 Å². The highest BCUT2D eigenvalue weighted by Crippen LogP contribution is 2.36. The number of ether oxygens (including phenoxy) is 2. The minimum atomic E-state index is -0.376. The highest BCUT2D eigenvalue weighted by Gasteiger charge is 2.40. The Labute approximate surface area is 391 Å². The van der Waals surface area contributed by atoms with Gasteiger partial charge in [-0.1, -0.05) is 178 Å². The van der Waals surface area contributed by atoms with Gasteiger partial charge in [-0.15, -0.1) is 0 Å². The summed E-state index contributed by atoms with van der Waals surface area (Å²) in [5.74, 6) is 0.178. The molecule has 2 rings (SSSR count). The van der Waals surface area contributed by atoms with Crippen LogP contribution >= 0.6 is 0 Å². The fraction of sp³-hybridized carbons (Fsp3) is 0.828. The van der Waals surface area contributed by atoms with E-state index in [1.807, 2.05) is 0 Å². The summed E-state index contributed by atoms with van der Waals surface area (Å²) in [6.07, 6.45) is 64.1. The summed E-state index contributed by atoms with van der Waals surface area (Å²) >= 11 is 0. The number of rotatable bonds is 41. The number of piperidine rings is 1. The number of hydrogen-bond acceptors (Lipinski definition) is 5. The van der Waals surface area contributed by atoms with Crippen molar-refractivity contribution in [2.75, 3.05) is 20.1 Å². The van der Waals surface area contributed by atoms with Crippen LogP contribution in [0.5, 0.6) is 0 Å². The quantitative estimate of drug-likeness (QED) is 0.0348. The van der Waals surface area contributed by atoms with E-state index in [1.165, 1.54) is 167 Å². The molecule has 2 atom stereocenters. The first-order valence-corrected chi connectivity index (χ1v) is 27.5. The summed E-state index contributed by atoms with van der Waals surface area (Å²) in [5.41, 5.74) is -0.376. The molecule has 1 saturated heterocycles. The van der Waals surface area contributed by atoms with Crippen molar-refractivity contribution in [3.05, 3.63) is 48.6 Å². The summed E-state index contributed by atoms with van der Waals surface area (Å²) in [4.78, 5) is 28.7. The molecule has 63 heavy (non-hydrogen) atoms. The Hall–Kier alpha value is -2.14. The third-order valence-corrected chi connectivity index (χ3v) is 14.1. The van der Waals surface area contributed by atoms with Crippen molar-refractivity contribution in [3.63, 3.8) is 0 Å². The Morgan fingerprint density at radius 3 is 1.38 bits per heavy atom. The number of hydrogen-bond donors (Lipinski definition) is 0. The molecule has 1 aliphatic heterocycles. The fourth-order valence-electron chi connectivity index (χ4n) is 9.44. The third-order valence-electron chi connectivity index (χ3n) is 14.1. The lowest BCUT2D eigenvalue weighted by Crippen LogP contribution is -2.42. The van der Waals surface area contributed by atoms with Crippen LogP contribution < -0.4 is 0 Å². The van der Waals surface area contributed by atoms with Gasteiger partial charge in [0.1, 0.15) is 12.2 Å². The summed E-state index contributed by atoms with van der Waals surface area (Å²) in [7, 11) is 2.12. The summed E-state index contributed by atoms with van der Waals surface area (Å²) < 4.78 is 12.3. The summed E-state index contributed by atoms with van der Waals surface area (Å²) in [5, 5.41) is 0. The second kappa shape index (κ2) is 40.2. The number of allylic oxidation sites excluding steroid dienone is 8. The van der Waals surface area contributed by atoms with Gasteiger partial charge in [-0.3, -0.25) is 9.59 Å². The summed E-state index contributed by atoms with van der Waals surface area (Å²) in [6.45, 7) is 8.52. The molecule has 1 heterocycles. The Morgan fingerprint density at radius 1 is 0.556 bits per heavy atom. The molecule has 0 aromatic heterocycles. The molecule has 5 nitrogen and oxygen atoms in total. The zero-order valence-electron chi connectivity index (χ0n) is 42.2. The lowest BCUT2D eigenvalue weighted by Gasteiger charge is -2.36. The van der Waals surface area contributed by atoms with Crippen LogP contribution in [0.4, 0.5) is 0 Å². The van der Waals surface area contributed by atoms with Gasteiger partial charge in [0.15, 0.2) is 0 Å². The van der Waals surface area contributed by atoms with Crippen molar-refractivity contribution >= 4 is 11.9 Å². The fourth-order valence-corrected chi connectivity index (χ4v) is 9.44. The maximum Gasteiger partial charge on any atom is 0.312 e. The number of carbonyl (C=O) groups excluding carboxylic acids is 2.